The van der Waals surface area contributed by atoms with E-state index in [0.717, 1.165) is 11.6 Å². The number of hydrogen-bond acceptors (Lipinski definition) is 5. The van der Waals surface area contributed by atoms with Crippen LogP contribution in [0.4, 0.5) is 13.2 Å². The Hall–Kier alpha value is -3.75. The van der Waals surface area contributed by atoms with Crippen molar-refractivity contribution in [3.63, 3.8) is 0 Å². The number of aromatic nitrogens is 4. The van der Waals surface area contributed by atoms with E-state index < -0.39 is 11.7 Å². The van der Waals surface area contributed by atoms with Crippen LogP contribution in [0.1, 0.15) is 30.4 Å². The summed E-state index contributed by atoms with van der Waals surface area (Å²) in [5.74, 6) is -0.595. The van der Waals surface area contributed by atoms with E-state index in [9.17, 15) is 18.0 Å². The molecule has 3 heterocycles. The molecule has 0 bridgehead atoms. The van der Waals surface area contributed by atoms with Crippen molar-refractivity contribution in [3.05, 3.63) is 72.1 Å². The Labute approximate surface area is 188 Å². The minimum absolute atomic E-state index is 0.0243. The quantitative estimate of drug-likeness (QED) is 0.384. The van der Waals surface area contributed by atoms with Crippen LogP contribution in [-0.2, 0) is 18.0 Å². The molecular formula is C24H21F3N4O2. The van der Waals surface area contributed by atoms with Crippen LogP contribution in [0.5, 0.6) is 5.88 Å². The first-order valence-electron chi connectivity index (χ1n) is 10.3. The maximum Gasteiger partial charge on any atom is 0.417 e. The number of ether oxygens (including phenoxy) is 1. The molecule has 0 aliphatic carbocycles. The van der Waals surface area contributed by atoms with E-state index >= 15 is 0 Å². The largest absolute Gasteiger partial charge is 0.470 e. The van der Waals surface area contributed by atoms with Crippen LogP contribution < -0.4 is 4.74 Å². The van der Waals surface area contributed by atoms with Gasteiger partial charge >= 0.3 is 6.18 Å². The second kappa shape index (κ2) is 9.01. The van der Waals surface area contributed by atoms with Gasteiger partial charge in [-0.1, -0.05) is 37.3 Å². The van der Waals surface area contributed by atoms with Gasteiger partial charge in [0.05, 0.1) is 10.9 Å². The van der Waals surface area contributed by atoms with Crippen LogP contribution >= 0.6 is 0 Å². The van der Waals surface area contributed by atoms with Crippen molar-refractivity contribution in [2.24, 2.45) is 7.05 Å². The first kappa shape index (κ1) is 22.4. The molecule has 0 aliphatic heterocycles. The van der Waals surface area contributed by atoms with Crippen molar-refractivity contribution >= 4 is 16.8 Å². The average molecular weight is 454 g/mol. The molecule has 4 aromatic rings. The van der Waals surface area contributed by atoms with Gasteiger partial charge in [-0.15, -0.1) is 0 Å². The number of fused-ring (bicyclic) bond motifs is 1. The van der Waals surface area contributed by atoms with Crippen molar-refractivity contribution in [2.45, 2.75) is 25.4 Å². The van der Waals surface area contributed by atoms with Gasteiger partial charge in [0, 0.05) is 37.5 Å². The molecule has 1 unspecified atom stereocenters. The van der Waals surface area contributed by atoms with Gasteiger partial charge in [-0.05, 0) is 23.6 Å². The Morgan fingerprint density at radius 3 is 2.48 bits per heavy atom. The Kier molecular flexibility index (Phi) is 6.13. The van der Waals surface area contributed by atoms with Gasteiger partial charge in [0.15, 0.2) is 11.4 Å². The third kappa shape index (κ3) is 4.87. The zero-order valence-corrected chi connectivity index (χ0v) is 18.0. The summed E-state index contributed by atoms with van der Waals surface area (Å²) in [4.78, 5) is 20.6. The molecule has 170 valence electrons. The van der Waals surface area contributed by atoms with Crippen LogP contribution in [0.3, 0.4) is 0 Å². The molecule has 33 heavy (non-hydrogen) atoms. The van der Waals surface area contributed by atoms with Gasteiger partial charge in [-0.3, -0.25) is 9.78 Å². The molecule has 0 radical (unpaired) electrons. The number of alkyl halides is 3. The van der Waals surface area contributed by atoms with E-state index in [1.54, 1.807) is 42.7 Å². The minimum Gasteiger partial charge on any atom is -0.470 e. The molecule has 0 aliphatic rings. The van der Waals surface area contributed by atoms with Gasteiger partial charge in [-0.2, -0.15) is 23.3 Å². The maximum atomic E-state index is 14.0. The Morgan fingerprint density at radius 2 is 1.82 bits per heavy atom. The summed E-state index contributed by atoms with van der Waals surface area (Å²) in [6.45, 7) is 1.51. The molecule has 6 nitrogen and oxygen atoms in total. The van der Waals surface area contributed by atoms with Crippen molar-refractivity contribution in [3.8, 4) is 17.1 Å². The van der Waals surface area contributed by atoms with Crippen LogP contribution in [0.2, 0.25) is 0 Å². The fraction of sp³-hybridized carbons (Fsp3) is 0.250. The Balaban J connectivity index is 1.61. The van der Waals surface area contributed by atoms with E-state index in [-0.39, 0.29) is 47.3 Å². The number of halogens is 3. The summed E-state index contributed by atoms with van der Waals surface area (Å²) in [5.41, 5.74) is 0.787. The summed E-state index contributed by atoms with van der Waals surface area (Å²) in [5, 5.41) is 4.16. The number of benzene rings is 1. The molecule has 0 saturated heterocycles. The number of hydrogen-bond donors (Lipinski definition) is 0. The summed E-state index contributed by atoms with van der Waals surface area (Å²) >= 11 is 0. The van der Waals surface area contributed by atoms with Gasteiger partial charge in [-0.25, -0.2) is 4.68 Å². The van der Waals surface area contributed by atoms with Crippen molar-refractivity contribution in [1.29, 1.82) is 0 Å². The molecule has 1 atom stereocenters. The molecule has 3 aromatic heterocycles. The highest BCUT2D eigenvalue weighted by molar-refractivity contribution is 5.94. The van der Waals surface area contributed by atoms with E-state index in [1.807, 2.05) is 19.1 Å². The van der Waals surface area contributed by atoms with E-state index in [1.165, 1.54) is 11.7 Å². The molecule has 4 rings (SSSR count). The monoisotopic (exact) mass is 454 g/mol. The molecule has 0 spiro atoms. The van der Waals surface area contributed by atoms with E-state index in [4.69, 9.17) is 4.74 Å². The molecule has 0 fully saturated rings. The SMILES string of the molecule is CC(CC(=O)COc1cc(C(F)(F)F)c2c(-c3ccccc3)nn(C)c2n1)c1ccncc1. The number of carbonyl (C=O) groups excluding carboxylic acids is 1. The van der Waals surface area contributed by atoms with Gasteiger partial charge in [0.25, 0.3) is 0 Å². The highest BCUT2D eigenvalue weighted by Gasteiger charge is 2.36. The number of nitrogens with zero attached hydrogens (tertiary/aromatic N) is 4. The molecule has 1 aromatic carbocycles. The van der Waals surface area contributed by atoms with Gasteiger partial charge < -0.3 is 4.74 Å². The van der Waals surface area contributed by atoms with Crippen LogP contribution in [-0.4, -0.2) is 32.1 Å². The summed E-state index contributed by atoms with van der Waals surface area (Å²) in [6, 6.07) is 13.1. The number of pyridine rings is 2. The molecule has 0 N–H and O–H groups in total. The number of ketones is 1. The molecule has 0 amide bonds. The fourth-order valence-electron chi connectivity index (χ4n) is 3.68. The number of Topliss-reactive ketones (excluding diaryl/α,β-unsaturated/α-hetero) is 1. The van der Waals surface area contributed by atoms with Crippen molar-refractivity contribution in [1.82, 2.24) is 19.7 Å². The molecule has 0 saturated carbocycles. The fourth-order valence-corrected chi connectivity index (χ4v) is 3.68. The second-order valence-corrected chi connectivity index (χ2v) is 7.76. The first-order chi connectivity index (χ1) is 15.7. The number of aryl methyl sites for hydroxylation is 1. The normalized spacial score (nSPS) is 12.6. The summed E-state index contributed by atoms with van der Waals surface area (Å²) in [7, 11) is 1.52. The lowest BCUT2D eigenvalue weighted by Crippen LogP contribution is -2.15. The van der Waals surface area contributed by atoms with Crippen LogP contribution in [0, 0.1) is 0 Å². The lowest BCUT2D eigenvalue weighted by atomic mass is 9.97. The lowest BCUT2D eigenvalue weighted by Gasteiger charge is -2.13. The first-order valence-corrected chi connectivity index (χ1v) is 10.3. The van der Waals surface area contributed by atoms with Crippen molar-refractivity contribution in [2.75, 3.05) is 6.61 Å². The Bertz CT molecular complexity index is 1270. The third-order valence-corrected chi connectivity index (χ3v) is 5.31. The van der Waals surface area contributed by atoms with Gasteiger partial charge in [0.2, 0.25) is 5.88 Å². The smallest absolute Gasteiger partial charge is 0.417 e. The minimum atomic E-state index is -4.66. The lowest BCUT2D eigenvalue weighted by molar-refractivity contribution is -0.136. The summed E-state index contributed by atoms with van der Waals surface area (Å²) < 4.78 is 48.6. The number of rotatable bonds is 7. The number of carbonyl (C=O) groups is 1. The maximum absolute atomic E-state index is 14.0. The third-order valence-electron chi connectivity index (χ3n) is 5.31. The van der Waals surface area contributed by atoms with Crippen molar-refractivity contribution < 1.29 is 22.7 Å². The van der Waals surface area contributed by atoms with Crippen LogP contribution in [0.25, 0.3) is 22.3 Å². The van der Waals surface area contributed by atoms with Gasteiger partial charge in [0.1, 0.15) is 12.3 Å². The summed E-state index contributed by atoms with van der Waals surface area (Å²) in [6.07, 6.45) is -1.20. The van der Waals surface area contributed by atoms with Crippen LogP contribution in [0.15, 0.2) is 60.9 Å². The highest BCUT2D eigenvalue weighted by Crippen LogP contribution is 2.40. The topological polar surface area (TPSA) is 69.9 Å². The second-order valence-electron chi connectivity index (χ2n) is 7.76. The van der Waals surface area contributed by atoms with E-state index in [2.05, 4.69) is 15.1 Å². The standard InChI is InChI=1S/C24H21F3N4O2/c1-15(16-8-10-28-11-9-16)12-18(32)14-33-20-13-19(24(25,26)27)21-22(17-6-4-3-5-7-17)30-31(2)23(21)29-20/h3-11,13,15H,12,14H2,1-2H3. The highest BCUT2D eigenvalue weighted by atomic mass is 19.4. The predicted octanol–water partition coefficient (Wildman–Crippen LogP) is 5.19. The zero-order valence-electron chi connectivity index (χ0n) is 18.0. The predicted molar refractivity (Wildman–Crippen MR) is 117 cm³/mol. The van der Waals surface area contributed by atoms with E-state index in [0.29, 0.717) is 5.56 Å². The zero-order chi connectivity index (χ0) is 23.6. The average Bonchev–Trinajstić information content (AvgIpc) is 3.14. The molecule has 9 heteroatoms. The molecular weight excluding hydrogens is 433 g/mol. The Morgan fingerprint density at radius 1 is 1.12 bits per heavy atom.